The van der Waals surface area contributed by atoms with Crippen molar-refractivity contribution in [3.8, 4) is 6.07 Å². The summed E-state index contributed by atoms with van der Waals surface area (Å²) in [5, 5.41) is 8.67. The maximum atomic E-state index is 12.4. The van der Waals surface area contributed by atoms with E-state index < -0.39 is 25.4 Å². The predicted molar refractivity (Wildman–Crippen MR) is 78.2 cm³/mol. The first-order chi connectivity index (χ1) is 9.57. The number of hydrogen-bond acceptors (Lipinski definition) is 5. The van der Waals surface area contributed by atoms with Crippen LogP contribution in [0.1, 0.15) is 18.9 Å². The van der Waals surface area contributed by atoms with E-state index in [9.17, 15) is 16.8 Å². The minimum Gasteiger partial charge on any atom is -0.229 e. The largest absolute Gasteiger partial charge is 0.242 e. The molecular formula is C12H13ClN2O4S2. The summed E-state index contributed by atoms with van der Waals surface area (Å²) in [4.78, 5) is -0.173. The van der Waals surface area contributed by atoms with E-state index in [-0.39, 0.29) is 33.4 Å². The molecule has 1 unspecified atom stereocenters. The Bertz CT molecular complexity index is 827. The van der Waals surface area contributed by atoms with Gasteiger partial charge in [0.2, 0.25) is 10.0 Å². The molecule has 0 radical (unpaired) electrons. The molecule has 1 aliphatic heterocycles. The molecule has 0 amide bonds. The summed E-state index contributed by atoms with van der Waals surface area (Å²) in [5.41, 5.74) is -0.803. The summed E-state index contributed by atoms with van der Waals surface area (Å²) in [5.74, 6) is -0.291. The predicted octanol–water partition coefficient (Wildman–Crippen LogP) is 1.07. The lowest BCUT2D eigenvalue weighted by Crippen LogP contribution is -2.46. The molecule has 0 saturated carbocycles. The van der Waals surface area contributed by atoms with Gasteiger partial charge in [0.05, 0.1) is 28.2 Å². The molecule has 1 aromatic carbocycles. The van der Waals surface area contributed by atoms with Crippen LogP contribution in [0.2, 0.25) is 5.02 Å². The zero-order valence-electron chi connectivity index (χ0n) is 11.1. The Balaban J connectivity index is 2.34. The monoisotopic (exact) mass is 348 g/mol. The van der Waals surface area contributed by atoms with Gasteiger partial charge in [-0.1, -0.05) is 11.6 Å². The molecule has 1 N–H and O–H groups in total. The van der Waals surface area contributed by atoms with Gasteiger partial charge in [-0.05, 0) is 31.5 Å². The summed E-state index contributed by atoms with van der Waals surface area (Å²) in [7, 11) is -7.20. The summed E-state index contributed by atoms with van der Waals surface area (Å²) < 4.78 is 50.2. The third-order valence-corrected chi connectivity index (χ3v) is 7.26. The minimum atomic E-state index is -3.96. The molecule has 21 heavy (non-hydrogen) atoms. The molecular weight excluding hydrogens is 336 g/mol. The van der Waals surface area contributed by atoms with Gasteiger partial charge in [0.25, 0.3) is 0 Å². The summed E-state index contributed by atoms with van der Waals surface area (Å²) in [6.07, 6.45) is 0.211. The third kappa shape index (κ3) is 3.55. The van der Waals surface area contributed by atoms with Crippen molar-refractivity contribution in [3.05, 3.63) is 28.8 Å². The van der Waals surface area contributed by atoms with Crippen molar-refractivity contribution < 1.29 is 16.8 Å². The zero-order valence-corrected chi connectivity index (χ0v) is 13.5. The quantitative estimate of drug-likeness (QED) is 0.879. The van der Waals surface area contributed by atoms with E-state index in [4.69, 9.17) is 16.9 Å². The van der Waals surface area contributed by atoms with Crippen LogP contribution >= 0.6 is 11.6 Å². The third-order valence-electron chi connectivity index (χ3n) is 3.23. The number of nitrogens with zero attached hydrogens (tertiary/aromatic N) is 1. The van der Waals surface area contributed by atoms with Crippen LogP contribution in [0.15, 0.2) is 23.1 Å². The van der Waals surface area contributed by atoms with Crippen LogP contribution in [0.25, 0.3) is 0 Å². The number of sulfonamides is 1. The second-order valence-corrected chi connectivity index (χ2v) is 9.51. The molecule has 1 fully saturated rings. The van der Waals surface area contributed by atoms with E-state index in [2.05, 4.69) is 4.72 Å². The Kier molecular flexibility index (Phi) is 4.06. The minimum absolute atomic E-state index is 0.0485. The second kappa shape index (κ2) is 5.25. The molecule has 2 rings (SSSR count). The molecule has 1 aromatic rings. The van der Waals surface area contributed by atoms with E-state index in [1.54, 1.807) is 6.92 Å². The molecule has 0 bridgehead atoms. The van der Waals surface area contributed by atoms with Crippen molar-refractivity contribution in [1.29, 1.82) is 5.26 Å². The highest BCUT2D eigenvalue weighted by molar-refractivity contribution is 7.92. The van der Waals surface area contributed by atoms with Crippen molar-refractivity contribution >= 4 is 31.5 Å². The van der Waals surface area contributed by atoms with Gasteiger partial charge in [0, 0.05) is 5.54 Å². The van der Waals surface area contributed by atoms with Crippen molar-refractivity contribution in [2.45, 2.75) is 23.8 Å². The molecule has 0 aliphatic carbocycles. The van der Waals surface area contributed by atoms with Crippen molar-refractivity contribution in [3.63, 3.8) is 0 Å². The molecule has 6 nitrogen and oxygen atoms in total. The summed E-state index contributed by atoms with van der Waals surface area (Å²) >= 11 is 5.89. The fourth-order valence-electron chi connectivity index (χ4n) is 2.26. The molecule has 1 heterocycles. The average Bonchev–Trinajstić information content (AvgIpc) is 2.61. The number of halogens is 1. The first-order valence-electron chi connectivity index (χ1n) is 6.01. The number of hydrogen-bond donors (Lipinski definition) is 1. The molecule has 1 saturated heterocycles. The standard InChI is InChI=1S/C12H13ClN2O4S2/c1-12(4-5-20(16,17)8-12)15-21(18,19)11-3-2-9(7-14)6-10(11)13/h2-3,6,15H,4-5,8H2,1H3. The summed E-state index contributed by atoms with van der Waals surface area (Å²) in [6.45, 7) is 1.55. The number of nitrogens with one attached hydrogen (secondary N) is 1. The van der Waals surface area contributed by atoms with Crippen LogP contribution in [-0.2, 0) is 19.9 Å². The van der Waals surface area contributed by atoms with Crippen LogP contribution in [0, 0.1) is 11.3 Å². The van der Waals surface area contributed by atoms with Crippen LogP contribution < -0.4 is 4.72 Å². The highest BCUT2D eigenvalue weighted by Crippen LogP contribution is 2.28. The van der Waals surface area contributed by atoms with Gasteiger partial charge in [0.1, 0.15) is 4.90 Å². The lowest BCUT2D eigenvalue weighted by molar-refractivity contribution is 0.462. The second-order valence-electron chi connectivity index (χ2n) is 5.27. The fraction of sp³-hybridized carbons (Fsp3) is 0.417. The molecule has 9 heteroatoms. The van der Waals surface area contributed by atoms with Gasteiger partial charge in [-0.2, -0.15) is 5.26 Å². The van der Waals surface area contributed by atoms with E-state index in [1.165, 1.54) is 18.2 Å². The van der Waals surface area contributed by atoms with Gasteiger partial charge >= 0.3 is 0 Å². The normalized spacial score (nSPS) is 24.6. The van der Waals surface area contributed by atoms with E-state index in [0.717, 1.165) is 0 Å². The van der Waals surface area contributed by atoms with Crippen LogP contribution in [0.3, 0.4) is 0 Å². The Labute approximate surface area is 128 Å². The smallest absolute Gasteiger partial charge is 0.229 e. The Morgan fingerprint density at radius 1 is 1.43 bits per heavy atom. The summed E-state index contributed by atoms with van der Waals surface area (Å²) in [6, 6.07) is 5.69. The first-order valence-corrected chi connectivity index (χ1v) is 9.69. The van der Waals surface area contributed by atoms with Crippen molar-refractivity contribution in [1.82, 2.24) is 4.72 Å². The molecule has 1 atom stereocenters. The SMILES string of the molecule is CC1(NS(=O)(=O)c2ccc(C#N)cc2Cl)CCS(=O)(=O)C1. The van der Waals surface area contributed by atoms with Gasteiger partial charge in [-0.25, -0.2) is 21.6 Å². The van der Waals surface area contributed by atoms with Gasteiger partial charge in [-0.15, -0.1) is 0 Å². The highest BCUT2D eigenvalue weighted by atomic mass is 35.5. The van der Waals surface area contributed by atoms with Crippen LogP contribution in [0.4, 0.5) is 0 Å². The molecule has 0 aromatic heterocycles. The lowest BCUT2D eigenvalue weighted by atomic mass is 10.0. The molecule has 114 valence electrons. The van der Waals surface area contributed by atoms with Gasteiger partial charge in [0.15, 0.2) is 9.84 Å². The lowest BCUT2D eigenvalue weighted by Gasteiger charge is -2.23. The Morgan fingerprint density at radius 2 is 2.10 bits per heavy atom. The van der Waals surface area contributed by atoms with E-state index >= 15 is 0 Å². The Morgan fingerprint density at radius 3 is 2.57 bits per heavy atom. The van der Waals surface area contributed by atoms with Crippen molar-refractivity contribution in [2.24, 2.45) is 0 Å². The van der Waals surface area contributed by atoms with Crippen LogP contribution in [-0.4, -0.2) is 33.9 Å². The highest BCUT2D eigenvalue weighted by Gasteiger charge is 2.41. The molecule has 0 spiro atoms. The Hall–Kier alpha value is -1.14. The van der Waals surface area contributed by atoms with Crippen LogP contribution in [0.5, 0.6) is 0 Å². The topological polar surface area (TPSA) is 104 Å². The van der Waals surface area contributed by atoms with Gasteiger partial charge in [-0.3, -0.25) is 0 Å². The maximum absolute atomic E-state index is 12.4. The number of benzene rings is 1. The first kappa shape index (κ1) is 16.2. The van der Waals surface area contributed by atoms with E-state index in [1.807, 2.05) is 6.07 Å². The maximum Gasteiger partial charge on any atom is 0.242 e. The number of nitriles is 1. The van der Waals surface area contributed by atoms with Gasteiger partial charge < -0.3 is 0 Å². The zero-order chi connectivity index (χ0) is 15.9. The van der Waals surface area contributed by atoms with E-state index in [0.29, 0.717) is 0 Å². The fourth-order valence-corrected chi connectivity index (χ4v) is 6.42. The molecule has 1 aliphatic rings. The average molecular weight is 349 g/mol. The number of sulfone groups is 1. The number of rotatable bonds is 3. The van der Waals surface area contributed by atoms with Crippen molar-refractivity contribution in [2.75, 3.05) is 11.5 Å².